The first-order chi connectivity index (χ1) is 9.42. The SMILES string of the molecule is CCC1CCC(NS(=O)(=O)c2ccc(N)cc2Cl)CC1. The maximum Gasteiger partial charge on any atom is 0.242 e. The molecule has 1 fully saturated rings. The Labute approximate surface area is 125 Å². The molecule has 1 aromatic rings. The van der Waals surface area contributed by atoms with E-state index in [2.05, 4.69) is 11.6 Å². The highest BCUT2D eigenvalue weighted by molar-refractivity contribution is 7.89. The van der Waals surface area contributed by atoms with Crippen molar-refractivity contribution in [1.29, 1.82) is 0 Å². The zero-order valence-corrected chi connectivity index (χ0v) is 13.2. The van der Waals surface area contributed by atoms with Crippen LogP contribution >= 0.6 is 11.6 Å². The third-order valence-corrected chi connectivity index (χ3v) is 5.99. The minimum atomic E-state index is -3.57. The number of rotatable bonds is 4. The quantitative estimate of drug-likeness (QED) is 0.838. The first-order valence-electron chi connectivity index (χ1n) is 6.99. The third kappa shape index (κ3) is 3.65. The van der Waals surface area contributed by atoms with Crippen LogP contribution in [0, 0.1) is 5.92 Å². The van der Waals surface area contributed by atoms with Gasteiger partial charge in [0.2, 0.25) is 10.0 Å². The summed E-state index contributed by atoms with van der Waals surface area (Å²) in [5.74, 6) is 0.732. The number of anilines is 1. The minimum Gasteiger partial charge on any atom is -0.399 e. The van der Waals surface area contributed by atoms with E-state index in [1.54, 1.807) is 6.07 Å². The van der Waals surface area contributed by atoms with Gasteiger partial charge in [-0.1, -0.05) is 24.9 Å². The maximum atomic E-state index is 12.3. The van der Waals surface area contributed by atoms with E-state index in [-0.39, 0.29) is 16.0 Å². The molecule has 0 aliphatic heterocycles. The van der Waals surface area contributed by atoms with Gasteiger partial charge in [0, 0.05) is 11.7 Å². The van der Waals surface area contributed by atoms with Crippen molar-refractivity contribution < 1.29 is 8.42 Å². The molecule has 0 aromatic heterocycles. The molecule has 6 heteroatoms. The highest BCUT2D eigenvalue weighted by Crippen LogP contribution is 2.29. The van der Waals surface area contributed by atoms with E-state index in [0.717, 1.165) is 31.6 Å². The van der Waals surface area contributed by atoms with E-state index in [0.29, 0.717) is 5.69 Å². The van der Waals surface area contributed by atoms with Crippen LogP contribution < -0.4 is 10.5 Å². The van der Waals surface area contributed by atoms with E-state index in [1.807, 2.05) is 0 Å². The molecule has 1 aliphatic carbocycles. The fourth-order valence-electron chi connectivity index (χ4n) is 2.71. The summed E-state index contributed by atoms with van der Waals surface area (Å²) in [5.41, 5.74) is 6.04. The third-order valence-electron chi connectivity index (χ3n) is 3.99. The Bertz CT molecular complexity index is 567. The van der Waals surface area contributed by atoms with Crippen LogP contribution in [-0.4, -0.2) is 14.5 Å². The summed E-state index contributed by atoms with van der Waals surface area (Å²) in [7, 11) is -3.57. The van der Waals surface area contributed by atoms with Crippen LogP contribution in [0.3, 0.4) is 0 Å². The monoisotopic (exact) mass is 316 g/mol. The molecule has 1 saturated carbocycles. The molecule has 0 atom stereocenters. The minimum absolute atomic E-state index is 0.0106. The lowest BCUT2D eigenvalue weighted by Gasteiger charge is -2.28. The summed E-state index contributed by atoms with van der Waals surface area (Å²) in [4.78, 5) is 0.103. The molecule has 3 N–H and O–H groups in total. The van der Waals surface area contributed by atoms with Crippen molar-refractivity contribution in [3.8, 4) is 0 Å². The summed E-state index contributed by atoms with van der Waals surface area (Å²) in [5, 5.41) is 0.166. The molecule has 112 valence electrons. The van der Waals surface area contributed by atoms with Crippen molar-refractivity contribution in [2.75, 3.05) is 5.73 Å². The fourth-order valence-corrected chi connectivity index (χ4v) is 4.56. The fraction of sp³-hybridized carbons (Fsp3) is 0.571. The number of nitrogens with two attached hydrogens (primary N) is 1. The summed E-state index contributed by atoms with van der Waals surface area (Å²) >= 11 is 5.98. The van der Waals surface area contributed by atoms with E-state index in [1.165, 1.54) is 18.6 Å². The van der Waals surface area contributed by atoms with Crippen LogP contribution in [0.15, 0.2) is 23.1 Å². The zero-order valence-electron chi connectivity index (χ0n) is 11.6. The Morgan fingerprint density at radius 3 is 2.50 bits per heavy atom. The molecule has 1 aliphatic rings. The zero-order chi connectivity index (χ0) is 14.8. The molecule has 2 rings (SSSR count). The number of benzene rings is 1. The van der Waals surface area contributed by atoms with Gasteiger partial charge in [0.25, 0.3) is 0 Å². The van der Waals surface area contributed by atoms with Crippen molar-refractivity contribution in [2.24, 2.45) is 5.92 Å². The molecule has 0 saturated heterocycles. The molecule has 0 bridgehead atoms. The number of hydrogen-bond donors (Lipinski definition) is 2. The van der Waals surface area contributed by atoms with E-state index in [4.69, 9.17) is 17.3 Å². The normalized spacial score (nSPS) is 23.7. The average Bonchev–Trinajstić information content (AvgIpc) is 2.38. The first kappa shape index (κ1) is 15.6. The molecule has 4 nitrogen and oxygen atoms in total. The summed E-state index contributed by atoms with van der Waals surface area (Å²) < 4.78 is 27.5. The predicted molar refractivity (Wildman–Crippen MR) is 82.2 cm³/mol. The molecule has 1 aromatic carbocycles. The Hall–Kier alpha value is -0.780. The van der Waals surface area contributed by atoms with Gasteiger partial charge in [-0.15, -0.1) is 0 Å². The lowest BCUT2D eigenvalue weighted by molar-refractivity contribution is 0.306. The van der Waals surface area contributed by atoms with Crippen LogP contribution in [0.1, 0.15) is 39.0 Å². The van der Waals surface area contributed by atoms with Crippen LogP contribution in [0.25, 0.3) is 0 Å². The summed E-state index contributed by atoms with van der Waals surface area (Å²) in [6.07, 6.45) is 5.12. The predicted octanol–water partition coefficient (Wildman–Crippen LogP) is 3.17. The van der Waals surface area contributed by atoms with Gasteiger partial charge in [-0.2, -0.15) is 0 Å². The standard InChI is InChI=1S/C14H21ClN2O2S/c1-2-10-3-6-12(7-4-10)17-20(18,19)14-8-5-11(16)9-13(14)15/h5,8-10,12,17H,2-4,6-7,16H2,1H3. The van der Waals surface area contributed by atoms with Crippen LogP contribution in [0.2, 0.25) is 5.02 Å². The van der Waals surface area contributed by atoms with E-state index in [9.17, 15) is 8.42 Å². The highest BCUT2D eigenvalue weighted by atomic mass is 35.5. The van der Waals surface area contributed by atoms with Gasteiger partial charge in [-0.25, -0.2) is 13.1 Å². The van der Waals surface area contributed by atoms with Crippen molar-refractivity contribution in [3.05, 3.63) is 23.2 Å². The number of sulfonamides is 1. The van der Waals surface area contributed by atoms with Crippen molar-refractivity contribution in [2.45, 2.75) is 50.0 Å². The van der Waals surface area contributed by atoms with Crippen molar-refractivity contribution in [1.82, 2.24) is 4.72 Å². The van der Waals surface area contributed by atoms with Crippen molar-refractivity contribution in [3.63, 3.8) is 0 Å². The second-order valence-corrected chi connectivity index (χ2v) is 7.53. The first-order valence-corrected chi connectivity index (χ1v) is 8.86. The van der Waals surface area contributed by atoms with Crippen LogP contribution in [-0.2, 0) is 10.0 Å². The number of nitrogen functional groups attached to an aromatic ring is 1. The summed E-state index contributed by atoms with van der Waals surface area (Å²) in [6, 6.07) is 4.48. The number of halogens is 1. The van der Waals surface area contributed by atoms with E-state index >= 15 is 0 Å². The Balaban J connectivity index is 2.08. The molecule has 0 unspecified atom stereocenters. The van der Waals surface area contributed by atoms with Gasteiger partial charge < -0.3 is 5.73 Å². The van der Waals surface area contributed by atoms with Gasteiger partial charge in [0.05, 0.1) is 5.02 Å². The Morgan fingerprint density at radius 2 is 1.95 bits per heavy atom. The smallest absolute Gasteiger partial charge is 0.242 e. The van der Waals surface area contributed by atoms with Gasteiger partial charge in [0.1, 0.15) is 4.90 Å². The molecular weight excluding hydrogens is 296 g/mol. The topological polar surface area (TPSA) is 72.2 Å². The van der Waals surface area contributed by atoms with Gasteiger partial charge in [-0.05, 0) is 49.8 Å². The van der Waals surface area contributed by atoms with Crippen molar-refractivity contribution >= 4 is 27.3 Å². The molecular formula is C14H21ClN2O2S. The maximum absolute atomic E-state index is 12.3. The second-order valence-electron chi connectivity index (χ2n) is 5.44. The Kier molecular flexibility index (Phi) is 4.94. The lowest BCUT2D eigenvalue weighted by Crippen LogP contribution is -2.37. The molecule has 0 amide bonds. The largest absolute Gasteiger partial charge is 0.399 e. The Morgan fingerprint density at radius 1 is 1.30 bits per heavy atom. The molecule has 0 spiro atoms. The lowest BCUT2D eigenvalue weighted by atomic mass is 9.85. The number of hydrogen-bond acceptors (Lipinski definition) is 3. The van der Waals surface area contributed by atoms with E-state index < -0.39 is 10.0 Å². The van der Waals surface area contributed by atoms with Crippen LogP contribution in [0.4, 0.5) is 5.69 Å². The van der Waals surface area contributed by atoms with Gasteiger partial charge in [-0.3, -0.25) is 0 Å². The van der Waals surface area contributed by atoms with Gasteiger partial charge in [0.15, 0.2) is 0 Å². The summed E-state index contributed by atoms with van der Waals surface area (Å²) in [6.45, 7) is 2.18. The highest BCUT2D eigenvalue weighted by Gasteiger charge is 2.26. The molecule has 0 radical (unpaired) electrons. The molecule has 0 heterocycles. The second kappa shape index (κ2) is 6.33. The average molecular weight is 317 g/mol. The van der Waals surface area contributed by atoms with Gasteiger partial charge >= 0.3 is 0 Å². The van der Waals surface area contributed by atoms with Crippen LogP contribution in [0.5, 0.6) is 0 Å². The number of nitrogens with one attached hydrogen (secondary N) is 1. The molecule has 20 heavy (non-hydrogen) atoms.